The van der Waals surface area contributed by atoms with Gasteiger partial charge in [0.15, 0.2) is 0 Å². The van der Waals surface area contributed by atoms with Crippen LogP contribution in [0.15, 0.2) is 0 Å². The van der Waals surface area contributed by atoms with Crippen molar-refractivity contribution in [3.8, 4) is 0 Å². The van der Waals surface area contributed by atoms with Gasteiger partial charge < -0.3 is 10.1 Å². The third-order valence-corrected chi connectivity index (χ3v) is 2.79. The minimum absolute atomic E-state index is 0.142. The quantitative estimate of drug-likeness (QED) is 0.660. The maximum Gasteiger partial charge on any atom is 0.225 e. The van der Waals surface area contributed by atoms with Gasteiger partial charge in [-0.05, 0) is 26.2 Å². The molecule has 2 saturated heterocycles. The molecule has 2 rings (SSSR count). The van der Waals surface area contributed by atoms with E-state index in [2.05, 4.69) is 5.32 Å². The Labute approximate surface area is 72.5 Å². The van der Waals surface area contributed by atoms with Crippen LogP contribution in [0.5, 0.6) is 0 Å². The lowest BCUT2D eigenvalue weighted by atomic mass is 9.88. The number of amides is 1. The second-order valence-corrected chi connectivity index (χ2v) is 3.61. The summed E-state index contributed by atoms with van der Waals surface area (Å²) < 4.78 is 5.59. The highest BCUT2D eigenvalue weighted by atomic mass is 16.5. The Balaban J connectivity index is 1.93. The zero-order valence-electron chi connectivity index (χ0n) is 7.38. The first-order valence-electron chi connectivity index (χ1n) is 4.74. The molecule has 2 aliphatic heterocycles. The highest BCUT2D eigenvalue weighted by Gasteiger charge is 2.44. The van der Waals surface area contributed by atoms with Crippen molar-refractivity contribution in [3.63, 3.8) is 0 Å². The zero-order chi connectivity index (χ0) is 8.55. The van der Waals surface area contributed by atoms with Gasteiger partial charge in [0.1, 0.15) is 0 Å². The molecule has 3 heteroatoms. The van der Waals surface area contributed by atoms with Crippen molar-refractivity contribution in [2.45, 2.75) is 38.4 Å². The molecular weight excluding hydrogens is 154 g/mol. The summed E-state index contributed by atoms with van der Waals surface area (Å²) in [6.45, 7) is 2.68. The van der Waals surface area contributed by atoms with E-state index in [1.807, 2.05) is 6.92 Å². The van der Waals surface area contributed by atoms with Crippen LogP contribution < -0.4 is 5.32 Å². The molecule has 0 spiro atoms. The van der Waals surface area contributed by atoms with Crippen LogP contribution in [0, 0.1) is 5.92 Å². The van der Waals surface area contributed by atoms with E-state index in [0.29, 0.717) is 6.10 Å². The number of ether oxygens (including phenoxy) is 1. The number of rotatable bonds is 2. The molecule has 2 bridgehead atoms. The third-order valence-electron chi connectivity index (χ3n) is 2.79. The van der Waals surface area contributed by atoms with E-state index >= 15 is 0 Å². The molecule has 1 amide bonds. The van der Waals surface area contributed by atoms with Crippen molar-refractivity contribution < 1.29 is 9.53 Å². The predicted octanol–water partition coefficient (Wildman–Crippen LogP) is 0.690. The average Bonchev–Trinajstić information content (AvgIpc) is 2.64. The summed E-state index contributed by atoms with van der Waals surface area (Å²) in [5.41, 5.74) is 0. The van der Waals surface area contributed by atoms with Gasteiger partial charge in [0.25, 0.3) is 0 Å². The lowest BCUT2D eigenvalue weighted by Gasteiger charge is -2.16. The molecule has 0 radical (unpaired) electrons. The molecule has 3 atom stereocenters. The summed E-state index contributed by atoms with van der Waals surface area (Å²) in [6.07, 6.45) is 3.77. The molecule has 0 aromatic heterocycles. The minimum atomic E-state index is 0.142. The monoisotopic (exact) mass is 169 g/mol. The Morgan fingerprint density at radius 3 is 2.92 bits per heavy atom. The SMILES string of the molecule is CCNC(=O)C1CC2CCC1O2. The Morgan fingerprint density at radius 1 is 1.58 bits per heavy atom. The summed E-state index contributed by atoms with van der Waals surface area (Å²) in [6, 6.07) is 0. The van der Waals surface area contributed by atoms with E-state index in [1.54, 1.807) is 0 Å². The minimum Gasteiger partial charge on any atom is -0.374 e. The van der Waals surface area contributed by atoms with Crippen molar-refractivity contribution in [2.75, 3.05) is 6.54 Å². The molecule has 68 valence electrons. The molecule has 12 heavy (non-hydrogen) atoms. The van der Waals surface area contributed by atoms with Crippen LogP contribution in [0.3, 0.4) is 0 Å². The van der Waals surface area contributed by atoms with E-state index in [9.17, 15) is 4.79 Å². The van der Waals surface area contributed by atoms with E-state index < -0.39 is 0 Å². The van der Waals surface area contributed by atoms with Crippen LogP contribution in [0.1, 0.15) is 26.2 Å². The molecule has 2 aliphatic rings. The summed E-state index contributed by atoms with van der Waals surface area (Å²) in [4.78, 5) is 11.4. The largest absolute Gasteiger partial charge is 0.374 e. The zero-order valence-corrected chi connectivity index (χ0v) is 7.38. The molecule has 2 heterocycles. The Bertz CT molecular complexity index is 193. The van der Waals surface area contributed by atoms with Crippen LogP contribution in [0.25, 0.3) is 0 Å². The number of hydrogen-bond acceptors (Lipinski definition) is 2. The normalized spacial score (nSPS) is 38.6. The van der Waals surface area contributed by atoms with E-state index in [4.69, 9.17) is 4.74 Å². The van der Waals surface area contributed by atoms with Crippen molar-refractivity contribution in [2.24, 2.45) is 5.92 Å². The van der Waals surface area contributed by atoms with Crippen molar-refractivity contribution in [1.29, 1.82) is 0 Å². The van der Waals surface area contributed by atoms with Crippen molar-refractivity contribution >= 4 is 5.91 Å². The molecule has 3 unspecified atom stereocenters. The third kappa shape index (κ3) is 1.22. The van der Waals surface area contributed by atoms with Gasteiger partial charge >= 0.3 is 0 Å². The van der Waals surface area contributed by atoms with Gasteiger partial charge in [-0.2, -0.15) is 0 Å². The van der Waals surface area contributed by atoms with Gasteiger partial charge in [-0.3, -0.25) is 4.79 Å². The second kappa shape index (κ2) is 3.05. The second-order valence-electron chi connectivity index (χ2n) is 3.61. The topological polar surface area (TPSA) is 38.3 Å². The summed E-state index contributed by atoms with van der Waals surface area (Å²) in [5.74, 6) is 0.327. The maximum absolute atomic E-state index is 11.4. The molecule has 0 saturated carbocycles. The number of carbonyl (C=O) groups is 1. The summed E-state index contributed by atoms with van der Waals surface area (Å²) in [5, 5.41) is 2.85. The Hall–Kier alpha value is -0.570. The van der Waals surface area contributed by atoms with Crippen molar-refractivity contribution in [3.05, 3.63) is 0 Å². The average molecular weight is 169 g/mol. The molecule has 3 nitrogen and oxygen atoms in total. The lowest BCUT2D eigenvalue weighted by Crippen LogP contribution is -2.35. The maximum atomic E-state index is 11.4. The van der Waals surface area contributed by atoms with Gasteiger partial charge in [0.2, 0.25) is 5.91 Å². The van der Waals surface area contributed by atoms with Crippen LogP contribution in [-0.4, -0.2) is 24.7 Å². The van der Waals surface area contributed by atoms with Crippen LogP contribution in [0.4, 0.5) is 0 Å². The number of nitrogens with one attached hydrogen (secondary N) is 1. The van der Waals surface area contributed by atoms with E-state index in [-0.39, 0.29) is 17.9 Å². The molecule has 0 aliphatic carbocycles. The Kier molecular flexibility index (Phi) is 2.05. The first-order valence-corrected chi connectivity index (χ1v) is 4.74. The van der Waals surface area contributed by atoms with Crippen LogP contribution in [0.2, 0.25) is 0 Å². The molecule has 0 aromatic carbocycles. The van der Waals surface area contributed by atoms with E-state index in [1.165, 1.54) is 0 Å². The number of hydrogen-bond donors (Lipinski definition) is 1. The fourth-order valence-electron chi connectivity index (χ4n) is 2.22. The van der Waals surface area contributed by atoms with Gasteiger partial charge in [-0.1, -0.05) is 0 Å². The smallest absolute Gasteiger partial charge is 0.225 e. The standard InChI is InChI=1S/C9H15NO2/c1-2-10-9(11)7-5-6-3-4-8(7)12-6/h6-8H,2-5H2,1H3,(H,10,11). The van der Waals surface area contributed by atoms with Gasteiger partial charge in [0, 0.05) is 6.54 Å². The summed E-state index contributed by atoms with van der Waals surface area (Å²) >= 11 is 0. The van der Waals surface area contributed by atoms with Crippen molar-refractivity contribution in [1.82, 2.24) is 5.32 Å². The van der Waals surface area contributed by atoms with Gasteiger partial charge in [-0.25, -0.2) is 0 Å². The highest BCUT2D eigenvalue weighted by molar-refractivity contribution is 5.79. The fourth-order valence-corrected chi connectivity index (χ4v) is 2.22. The number of fused-ring (bicyclic) bond motifs is 2. The fraction of sp³-hybridized carbons (Fsp3) is 0.889. The van der Waals surface area contributed by atoms with E-state index in [0.717, 1.165) is 25.8 Å². The first-order chi connectivity index (χ1) is 5.81. The molecular formula is C9H15NO2. The Morgan fingerprint density at radius 2 is 2.42 bits per heavy atom. The lowest BCUT2D eigenvalue weighted by molar-refractivity contribution is -0.126. The van der Waals surface area contributed by atoms with Crippen LogP contribution in [-0.2, 0) is 9.53 Å². The predicted molar refractivity (Wildman–Crippen MR) is 44.7 cm³/mol. The highest BCUT2D eigenvalue weighted by Crippen LogP contribution is 2.38. The molecule has 2 fully saturated rings. The number of carbonyl (C=O) groups excluding carboxylic acids is 1. The van der Waals surface area contributed by atoms with Gasteiger partial charge in [0.05, 0.1) is 18.1 Å². The first kappa shape index (κ1) is 8.05. The summed E-state index contributed by atoms with van der Waals surface area (Å²) in [7, 11) is 0. The van der Waals surface area contributed by atoms with Gasteiger partial charge in [-0.15, -0.1) is 0 Å². The molecule has 0 aromatic rings. The van der Waals surface area contributed by atoms with Crippen LogP contribution >= 0.6 is 0 Å². The molecule has 1 N–H and O–H groups in total.